The highest BCUT2D eigenvalue weighted by Crippen LogP contribution is 2.08. The fourth-order valence-corrected chi connectivity index (χ4v) is 1.33. The van der Waals surface area contributed by atoms with Gasteiger partial charge in [-0.15, -0.1) is 0 Å². The summed E-state index contributed by atoms with van der Waals surface area (Å²) in [5, 5.41) is 0. The second kappa shape index (κ2) is 7.81. The van der Waals surface area contributed by atoms with Gasteiger partial charge in [-0.1, -0.05) is 12.1 Å². The van der Waals surface area contributed by atoms with Gasteiger partial charge in [0.05, 0.1) is 32.0 Å². The van der Waals surface area contributed by atoms with Crippen molar-refractivity contribution in [3.05, 3.63) is 35.4 Å². The highest BCUT2D eigenvalue weighted by Gasteiger charge is 2.06. The molecule has 17 heavy (non-hydrogen) atoms. The van der Waals surface area contributed by atoms with E-state index in [4.69, 9.17) is 14.2 Å². The van der Waals surface area contributed by atoms with Gasteiger partial charge in [-0.05, 0) is 24.6 Å². The van der Waals surface area contributed by atoms with E-state index in [1.807, 2.05) is 12.1 Å². The largest absolute Gasteiger partial charge is 0.462 e. The van der Waals surface area contributed by atoms with Crippen LogP contribution in [0.3, 0.4) is 0 Å². The van der Waals surface area contributed by atoms with Crippen LogP contribution in [0.1, 0.15) is 22.8 Å². The minimum atomic E-state index is -0.300. The van der Waals surface area contributed by atoms with Crippen molar-refractivity contribution in [1.29, 1.82) is 0 Å². The average molecular weight is 238 g/mol. The zero-order valence-electron chi connectivity index (χ0n) is 10.3. The molecular formula is C13H18O4. The Morgan fingerprint density at radius 2 is 2.12 bits per heavy atom. The summed E-state index contributed by atoms with van der Waals surface area (Å²) in [5.74, 6) is -0.300. The van der Waals surface area contributed by atoms with Gasteiger partial charge in [0, 0.05) is 7.11 Å². The third-order valence-corrected chi connectivity index (χ3v) is 2.14. The minimum absolute atomic E-state index is 0.300. The van der Waals surface area contributed by atoms with Gasteiger partial charge in [0.1, 0.15) is 0 Å². The van der Waals surface area contributed by atoms with Crippen LogP contribution in [0.15, 0.2) is 24.3 Å². The quantitative estimate of drug-likeness (QED) is 0.538. The predicted octanol–water partition coefficient (Wildman–Crippen LogP) is 2.03. The Hall–Kier alpha value is -1.39. The summed E-state index contributed by atoms with van der Waals surface area (Å²) in [7, 11) is 1.63. The molecule has 0 aliphatic rings. The molecule has 0 N–H and O–H groups in total. The second-order valence-electron chi connectivity index (χ2n) is 3.47. The molecule has 0 amide bonds. The third-order valence-electron chi connectivity index (χ3n) is 2.14. The molecule has 0 fully saturated rings. The van der Waals surface area contributed by atoms with Crippen LogP contribution in [0.25, 0.3) is 0 Å². The molecule has 0 atom stereocenters. The number of carbonyl (C=O) groups is 1. The van der Waals surface area contributed by atoms with E-state index >= 15 is 0 Å². The number of esters is 1. The lowest BCUT2D eigenvalue weighted by molar-refractivity contribution is 0.0524. The van der Waals surface area contributed by atoms with Crippen LogP contribution in [0, 0.1) is 0 Å². The maximum Gasteiger partial charge on any atom is 0.338 e. The summed E-state index contributed by atoms with van der Waals surface area (Å²) in [4.78, 5) is 11.5. The minimum Gasteiger partial charge on any atom is -0.462 e. The van der Waals surface area contributed by atoms with Crippen molar-refractivity contribution in [3.63, 3.8) is 0 Å². The second-order valence-corrected chi connectivity index (χ2v) is 3.47. The van der Waals surface area contributed by atoms with E-state index in [1.165, 1.54) is 0 Å². The number of benzene rings is 1. The smallest absolute Gasteiger partial charge is 0.338 e. The Balaban J connectivity index is 2.50. The molecule has 94 valence electrons. The van der Waals surface area contributed by atoms with Crippen LogP contribution in [-0.4, -0.2) is 32.9 Å². The van der Waals surface area contributed by atoms with Crippen molar-refractivity contribution in [1.82, 2.24) is 0 Å². The fourth-order valence-electron chi connectivity index (χ4n) is 1.33. The first kappa shape index (κ1) is 13.7. The van der Waals surface area contributed by atoms with Crippen molar-refractivity contribution in [2.75, 3.05) is 26.9 Å². The van der Waals surface area contributed by atoms with Crippen molar-refractivity contribution in [2.45, 2.75) is 13.5 Å². The molecule has 0 bridgehead atoms. The van der Waals surface area contributed by atoms with Crippen LogP contribution < -0.4 is 0 Å². The Bertz CT molecular complexity index is 349. The maximum atomic E-state index is 11.5. The molecule has 4 heteroatoms. The Morgan fingerprint density at radius 3 is 2.82 bits per heavy atom. The molecule has 0 saturated carbocycles. The van der Waals surface area contributed by atoms with E-state index in [0.717, 1.165) is 5.56 Å². The highest BCUT2D eigenvalue weighted by atomic mass is 16.5. The van der Waals surface area contributed by atoms with E-state index in [9.17, 15) is 4.79 Å². The SMILES string of the molecule is CCOC(=O)c1cccc(COCCOC)c1. The van der Waals surface area contributed by atoms with Gasteiger partial charge in [0.2, 0.25) is 0 Å². The van der Waals surface area contributed by atoms with Crippen molar-refractivity contribution < 1.29 is 19.0 Å². The molecule has 0 unspecified atom stereocenters. The molecule has 0 spiro atoms. The van der Waals surface area contributed by atoms with Crippen LogP contribution in [0.5, 0.6) is 0 Å². The summed E-state index contributed by atoms with van der Waals surface area (Å²) in [5.41, 5.74) is 1.51. The molecule has 0 heterocycles. The van der Waals surface area contributed by atoms with Crippen LogP contribution in [0.2, 0.25) is 0 Å². The molecule has 0 aliphatic carbocycles. The zero-order valence-corrected chi connectivity index (χ0v) is 10.3. The Morgan fingerprint density at radius 1 is 1.29 bits per heavy atom. The van der Waals surface area contributed by atoms with E-state index in [-0.39, 0.29) is 5.97 Å². The molecule has 0 radical (unpaired) electrons. The zero-order chi connectivity index (χ0) is 12.5. The van der Waals surface area contributed by atoms with Crippen molar-refractivity contribution in [3.8, 4) is 0 Å². The van der Waals surface area contributed by atoms with E-state index in [1.54, 1.807) is 26.2 Å². The lowest BCUT2D eigenvalue weighted by Gasteiger charge is -2.06. The number of rotatable bonds is 7. The number of methoxy groups -OCH3 is 1. The summed E-state index contributed by atoms with van der Waals surface area (Å²) in [6.45, 7) is 3.75. The molecule has 0 aromatic heterocycles. The predicted molar refractivity (Wildman–Crippen MR) is 63.9 cm³/mol. The number of hydrogen-bond acceptors (Lipinski definition) is 4. The first-order chi connectivity index (χ1) is 8.27. The number of ether oxygens (including phenoxy) is 3. The van der Waals surface area contributed by atoms with Gasteiger partial charge >= 0.3 is 5.97 Å². The average Bonchev–Trinajstić information content (AvgIpc) is 2.35. The molecule has 1 rings (SSSR count). The molecule has 1 aromatic carbocycles. The molecule has 0 saturated heterocycles. The normalized spacial score (nSPS) is 10.2. The maximum absolute atomic E-state index is 11.5. The van der Waals surface area contributed by atoms with Gasteiger partial charge in [0.25, 0.3) is 0 Å². The van der Waals surface area contributed by atoms with Crippen LogP contribution in [0.4, 0.5) is 0 Å². The van der Waals surface area contributed by atoms with Gasteiger partial charge in [-0.25, -0.2) is 4.79 Å². The first-order valence-corrected chi connectivity index (χ1v) is 5.60. The topological polar surface area (TPSA) is 44.8 Å². The lowest BCUT2D eigenvalue weighted by Crippen LogP contribution is -2.06. The summed E-state index contributed by atoms with van der Waals surface area (Å²) in [6, 6.07) is 7.25. The van der Waals surface area contributed by atoms with Gasteiger partial charge < -0.3 is 14.2 Å². The summed E-state index contributed by atoms with van der Waals surface area (Å²) in [6.07, 6.45) is 0. The summed E-state index contributed by atoms with van der Waals surface area (Å²) >= 11 is 0. The third kappa shape index (κ3) is 4.97. The number of hydrogen-bond donors (Lipinski definition) is 0. The molecule has 0 aliphatic heterocycles. The van der Waals surface area contributed by atoms with Crippen LogP contribution >= 0.6 is 0 Å². The molecular weight excluding hydrogens is 220 g/mol. The summed E-state index contributed by atoms with van der Waals surface area (Å²) < 4.78 is 15.2. The first-order valence-electron chi connectivity index (χ1n) is 5.60. The fraction of sp³-hybridized carbons (Fsp3) is 0.462. The van der Waals surface area contributed by atoms with E-state index in [2.05, 4.69) is 0 Å². The van der Waals surface area contributed by atoms with Gasteiger partial charge in [-0.3, -0.25) is 0 Å². The standard InChI is InChI=1S/C13H18O4/c1-3-17-13(14)12-6-4-5-11(9-12)10-16-8-7-15-2/h4-6,9H,3,7-8,10H2,1-2H3. The van der Waals surface area contributed by atoms with Crippen molar-refractivity contribution in [2.24, 2.45) is 0 Å². The van der Waals surface area contributed by atoms with E-state index < -0.39 is 0 Å². The Kier molecular flexibility index (Phi) is 6.29. The molecule has 1 aromatic rings. The lowest BCUT2D eigenvalue weighted by atomic mass is 10.1. The number of carbonyl (C=O) groups excluding carboxylic acids is 1. The Labute approximate surface area is 101 Å². The van der Waals surface area contributed by atoms with E-state index in [0.29, 0.717) is 32.0 Å². The van der Waals surface area contributed by atoms with Gasteiger partial charge in [-0.2, -0.15) is 0 Å². The highest BCUT2D eigenvalue weighted by molar-refractivity contribution is 5.89. The monoisotopic (exact) mass is 238 g/mol. The van der Waals surface area contributed by atoms with Crippen LogP contribution in [-0.2, 0) is 20.8 Å². The molecule has 4 nitrogen and oxygen atoms in total. The van der Waals surface area contributed by atoms with Gasteiger partial charge in [0.15, 0.2) is 0 Å². The van der Waals surface area contributed by atoms with Crippen molar-refractivity contribution >= 4 is 5.97 Å².